The van der Waals surface area contributed by atoms with Gasteiger partial charge in [-0.3, -0.25) is 9.79 Å². The van der Waals surface area contributed by atoms with Crippen molar-refractivity contribution in [3.63, 3.8) is 0 Å². The van der Waals surface area contributed by atoms with Crippen LogP contribution in [-0.4, -0.2) is 49.9 Å². The number of rotatable bonds is 8. The number of aryl methyl sites for hydroxylation is 1. The van der Waals surface area contributed by atoms with Crippen LogP contribution in [0.3, 0.4) is 0 Å². The molecule has 0 aliphatic carbocycles. The maximum Gasteiger partial charge on any atom is 0.260 e. The second-order valence-corrected chi connectivity index (χ2v) is 6.88. The zero-order valence-corrected chi connectivity index (χ0v) is 16.5. The molecule has 0 radical (unpaired) electrons. The van der Waals surface area contributed by atoms with Crippen molar-refractivity contribution in [3.05, 3.63) is 59.7 Å². The van der Waals surface area contributed by atoms with E-state index in [0.717, 1.165) is 17.7 Å². The number of carbonyl (C=O) groups excluding carboxylic acids is 1. The molecule has 1 fully saturated rings. The van der Waals surface area contributed by atoms with E-state index < -0.39 is 0 Å². The fraction of sp³-hybridized carbons (Fsp3) is 0.391. The maximum atomic E-state index is 12.1. The lowest BCUT2D eigenvalue weighted by molar-refractivity contribution is -0.137. The quantitative estimate of drug-likeness (QED) is 0.650. The van der Waals surface area contributed by atoms with Crippen LogP contribution in [0.1, 0.15) is 30.9 Å². The fourth-order valence-electron chi connectivity index (χ4n) is 2.98. The van der Waals surface area contributed by atoms with E-state index >= 15 is 0 Å². The van der Waals surface area contributed by atoms with Gasteiger partial charge in [-0.2, -0.15) is 0 Å². The van der Waals surface area contributed by atoms with E-state index in [0.29, 0.717) is 32.1 Å². The molecule has 2 aromatic carbocycles. The molecular formula is C23H28N2O3. The number of amides is 1. The number of carbonyl (C=O) groups is 1. The minimum atomic E-state index is -0.00340. The summed E-state index contributed by atoms with van der Waals surface area (Å²) in [7, 11) is 0. The molecule has 0 unspecified atom stereocenters. The SMILES string of the molecule is CCCCc1ccc(N=Cc2ccc(OCC(=O)N3CCOCC3)cc2)cc1. The van der Waals surface area contributed by atoms with E-state index in [1.165, 1.54) is 18.4 Å². The van der Waals surface area contributed by atoms with Gasteiger partial charge in [0.05, 0.1) is 18.9 Å². The van der Waals surface area contributed by atoms with Gasteiger partial charge < -0.3 is 14.4 Å². The highest BCUT2D eigenvalue weighted by Gasteiger charge is 2.16. The Hall–Kier alpha value is -2.66. The molecule has 1 amide bonds. The van der Waals surface area contributed by atoms with Gasteiger partial charge in [-0.15, -0.1) is 0 Å². The van der Waals surface area contributed by atoms with Crippen LogP contribution in [0.25, 0.3) is 0 Å². The van der Waals surface area contributed by atoms with E-state index in [2.05, 4.69) is 36.2 Å². The predicted molar refractivity (Wildman–Crippen MR) is 112 cm³/mol. The Morgan fingerprint density at radius 3 is 2.50 bits per heavy atom. The first kappa shape index (κ1) is 20.1. The Morgan fingerprint density at radius 1 is 1.11 bits per heavy atom. The van der Waals surface area contributed by atoms with Gasteiger partial charge in [0.2, 0.25) is 0 Å². The van der Waals surface area contributed by atoms with Crippen molar-refractivity contribution < 1.29 is 14.3 Å². The molecule has 0 spiro atoms. The summed E-state index contributed by atoms with van der Waals surface area (Å²) in [6, 6.07) is 16.0. The molecule has 1 saturated heterocycles. The summed E-state index contributed by atoms with van der Waals surface area (Å²) >= 11 is 0. The first-order valence-electron chi connectivity index (χ1n) is 9.96. The van der Waals surface area contributed by atoms with E-state index in [1.807, 2.05) is 30.5 Å². The molecule has 0 atom stereocenters. The van der Waals surface area contributed by atoms with Gasteiger partial charge >= 0.3 is 0 Å². The van der Waals surface area contributed by atoms with Crippen molar-refractivity contribution in [1.82, 2.24) is 4.90 Å². The zero-order valence-electron chi connectivity index (χ0n) is 16.5. The molecule has 1 heterocycles. The molecule has 2 aromatic rings. The number of hydrogen-bond donors (Lipinski definition) is 0. The fourth-order valence-corrected chi connectivity index (χ4v) is 2.98. The van der Waals surface area contributed by atoms with Crippen molar-refractivity contribution in [2.45, 2.75) is 26.2 Å². The van der Waals surface area contributed by atoms with E-state index in [1.54, 1.807) is 4.90 Å². The van der Waals surface area contributed by atoms with E-state index in [-0.39, 0.29) is 12.5 Å². The smallest absolute Gasteiger partial charge is 0.260 e. The molecule has 1 aliphatic rings. The van der Waals surface area contributed by atoms with Gasteiger partial charge in [0.25, 0.3) is 5.91 Å². The third kappa shape index (κ3) is 6.20. The zero-order chi connectivity index (χ0) is 19.6. The van der Waals surface area contributed by atoms with Gasteiger partial charge in [0.1, 0.15) is 5.75 Å². The maximum absolute atomic E-state index is 12.1. The van der Waals surface area contributed by atoms with Gasteiger partial charge in [-0.05, 0) is 60.4 Å². The summed E-state index contributed by atoms with van der Waals surface area (Å²) in [4.78, 5) is 18.4. The highest BCUT2D eigenvalue weighted by Crippen LogP contribution is 2.16. The number of unbranched alkanes of at least 4 members (excludes halogenated alkanes) is 1. The Bertz CT molecular complexity index is 763. The molecule has 1 aliphatic heterocycles. The topological polar surface area (TPSA) is 51.1 Å². The summed E-state index contributed by atoms with van der Waals surface area (Å²) in [5.74, 6) is 0.676. The van der Waals surface area contributed by atoms with Crippen molar-refractivity contribution >= 4 is 17.8 Å². The van der Waals surface area contributed by atoms with Crippen molar-refractivity contribution in [3.8, 4) is 5.75 Å². The molecule has 0 aromatic heterocycles. The number of benzene rings is 2. The lowest BCUT2D eigenvalue weighted by Gasteiger charge is -2.26. The minimum Gasteiger partial charge on any atom is -0.484 e. The second kappa shape index (κ2) is 10.6. The van der Waals surface area contributed by atoms with Gasteiger partial charge in [0, 0.05) is 19.3 Å². The summed E-state index contributed by atoms with van der Waals surface area (Å²) in [6.07, 6.45) is 5.38. The lowest BCUT2D eigenvalue weighted by Crippen LogP contribution is -2.42. The summed E-state index contributed by atoms with van der Waals surface area (Å²) in [5.41, 5.74) is 3.28. The van der Waals surface area contributed by atoms with Crippen LogP contribution in [0.5, 0.6) is 5.75 Å². The third-order valence-corrected chi connectivity index (χ3v) is 4.72. The van der Waals surface area contributed by atoms with Gasteiger partial charge in [0.15, 0.2) is 6.61 Å². The number of aliphatic imine (C=N–C) groups is 1. The van der Waals surface area contributed by atoms with Crippen LogP contribution in [0.4, 0.5) is 5.69 Å². The van der Waals surface area contributed by atoms with Crippen LogP contribution in [0.2, 0.25) is 0 Å². The summed E-state index contributed by atoms with van der Waals surface area (Å²) < 4.78 is 10.9. The average Bonchev–Trinajstić information content (AvgIpc) is 2.76. The average molecular weight is 380 g/mol. The molecule has 148 valence electrons. The first-order valence-corrected chi connectivity index (χ1v) is 9.96. The van der Waals surface area contributed by atoms with Crippen LogP contribution < -0.4 is 4.74 Å². The largest absolute Gasteiger partial charge is 0.484 e. The minimum absolute atomic E-state index is 0.00340. The molecule has 5 heteroatoms. The number of hydrogen-bond acceptors (Lipinski definition) is 4. The monoisotopic (exact) mass is 380 g/mol. The van der Waals surface area contributed by atoms with Crippen molar-refractivity contribution in [2.75, 3.05) is 32.9 Å². The number of nitrogens with zero attached hydrogens (tertiary/aromatic N) is 2. The predicted octanol–water partition coefficient (Wildman–Crippen LogP) is 4.02. The molecule has 0 bridgehead atoms. The Kier molecular flexibility index (Phi) is 7.62. The molecule has 28 heavy (non-hydrogen) atoms. The molecule has 5 nitrogen and oxygen atoms in total. The normalized spacial score (nSPS) is 14.4. The Morgan fingerprint density at radius 2 is 1.82 bits per heavy atom. The van der Waals surface area contributed by atoms with Gasteiger partial charge in [-0.25, -0.2) is 0 Å². The van der Waals surface area contributed by atoms with E-state index in [9.17, 15) is 4.79 Å². The van der Waals surface area contributed by atoms with Crippen LogP contribution in [-0.2, 0) is 16.0 Å². The highest BCUT2D eigenvalue weighted by atomic mass is 16.5. The Labute approximate surface area is 167 Å². The van der Waals surface area contributed by atoms with Crippen LogP contribution in [0.15, 0.2) is 53.5 Å². The molecule has 0 saturated carbocycles. The number of ether oxygens (including phenoxy) is 2. The summed E-state index contributed by atoms with van der Waals surface area (Å²) in [5, 5.41) is 0. The lowest BCUT2D eigenvalue weighted by atomic mass is 10.1. The second-order valence-electron chi connectivity index (χ2n) is 6.88. The van der Waals surface area contributed by atoms with Crippen molar-refractivity contribution in [1.29, 1.82) is 0 Å². The van der Waals surface area contributed by atoms with Gasteiger partial charge in [-0.1, -0.05) is 25.5 Å². The molecule has 0 N–H and O–H groups in total. The molecular weight excluding hydrogens is 352 g/mol. The van der Waals surface area contributed by atoms with Crippen molar-refractivity contribution in [2.24, 2.45) is 4.99 Å². The first-order chi connectivity index (χ1) is 13.7. The van der Waals surface area contributed by atoms with Crippen LogP contribution in [0, 0.1) is 0 Å². The van der Waals surface area contributed by atoms with Crippen LogP contribution >= 0.6 is 0 Å². The molecule has 3 rings (SSSR count). The standard InChI is InChI=1S/C23H28N2O3/c1-2-3-4-19-5-9-21(10-6-19)24-17-20-7-11-22(12-8-20)28-18-23(26)25-13-15-27-16-14-25/h5-12,17H,2-4,13-16,18H2,1H3. The third-order valence-electron chi connectivity index (χ3n) is 4.72. The van der Waals surface area contributed by atoms with E-state index in [4.69, 9.17) is 9.47 Å². The summed E-state index contributed by atoms with van der Waals surface area (Å²) in [6.45, 7) is 4.73. The number of morpholine rings is 1. The Balaban J connectivity index is 1.48. The highest BCUT2D eigenvalue weighted by molar-refractivity contribution is 5.82.